The molecule has 1 N–H and O–H groups in total. The summed E-state index contributed by atoms with van der Waals surface area (Å²) in [6.07, 6.45) is 14.8. The van der Waals surface area contributed by atoms with Gasteiger partial charge in [0.25, 0.3) is 11.8 Å². The molecular weight excluding hydrogens is 420 g/mol. The van der Waals surface area contributed by atoms with Crippen LogP contribution in [0.4, 0.5) is 5.69 Å². The molecule has 2 aliphatic rings. The predicted octanol–water partition coefficient (Wildman–Crippen LogP) is 7.25. The van der Waals surface area contributed by atoms with Gasteiger partial charge in [-0.1, -0.05) is 57.6 Å². The molecule has 2 aromatic carbocycles. The average Bonchev–Trinajstić information content (AvgIpc) is 2.89. The third kappa shape index (κ3) is 6.28. The van der Waals surface area contributed by atoms with Gasteiger partial charge in [0.15, 0.2) is 0 Å². The van der Waals surface area contributed by atoms with E-state index in [9.17, 15) is 9.59 Å². The normalized spacial score (nSPS) is 20.0. The molecule has 1 saturated heterocycles. The van der Waals surface area contributed by atoms with Gasteiger partial charge in [-0.05, 0) is 86.4 Å². The number of benzene rings is 2. The van der Waals surface area contributed by atoms with E-state index >= 15 is 0 Å². The van der Waals surface area contributed by atoms with E-state index in [2.05, 4.69) is 29.3 Å². The summed E-state index contributed by atoms with van der Waals surface area (Å²) in [7, 11) is 0. The van der Waals surface area contributed by atoms with E-state index in [0.29, 0.717) is 23.1 Å². The van der Waals surface area contributed by atoms with Crippen LogP contribution < -0.4 is 5.32 Å². The lowest BCUT2D eigenvalue weighted by Crippen LogP contribution is -2.49. The minimum absolute atomic E-state index is 0.119. The van der Waals surface area contributed by atoms with E-state index in [-0.39, 0.29) is 11.8 Å². The highest BCUT2D eigenvalue weighted by Crippen LogP contribution is 2.36. The van der Waals surface area contributed by atoms with Crippen molar-refractivity contribution in [2.45, 2.75) is 90.0 Å². The predicted molar refractivity (Wildman–Crippen MR) is 139 cm³/mol. The second-order valence-electron chi connectivity index (χ2n) is 10.1. The topological polar surface area (TPSA) is 49.4 Å². The number of nitrogens with one attached hydrogen (secondary N) is 1. The second-order valence-corrected chi connectivity index (χ2v) is 10.1. The quantitative estimate of drug-likeness (QED) is 0.401. The molecular formula is C30H40N2O2. The molecule has 1 saturated carbocycles. The van der Waals surface area contributed by atoms with Crippen LogP contribution in [-0.2, 0) is 6.42 Å². The lowest BCUT2D eigenvalue weighted by molar-refractivity contribution is 0.0390. The van der Waals surface area contributed by atoms with Gasteiger partial charge in [-0.25, -0.2) is 0 Å². The van der Waals surface area contributed by atoms with Crippen molar-refractivity contribution in [1.82, 2.24) is 4.90 Å². The lowest BCUT2D eigenvalue weighted by Gasteiger charge is -2.44. The van der Waals surface area contributed by atoms with Crippen LogP contribution in [0.1, 0.15) is 104 Å². The summed E-state index contributed by atoms with van der Waals surface area (Å²) < 4.78 is 0. The van der Waals surface area contributed by atoms with Crippen LogP contribution in [0.2, 0.25) is 0 Å². The van der Waals surface area contributed by atoms with Crippen LogP contribution in [0.5, 0.6) is 0 Å². The zero-order valence-electron chi connectivity index (χ0n) is 20.7. The van der Waals surface area contributed by atoms with Crippen molar-refractivity contribution in [3.63, 3.8) is 0 Å². The molecule has 1 heterocycles. The molecule has 4 nitrogen and oxygen atoms in total. The number of amides is 2. The van der Waals surface area contributed by atoms with E-state index in [1.54, 1.807) is 12.1 Å². The minimum atomic E-state index is -0.142. The minimum Gasteiger partial charge on any atom is -0.335 e. The van der Waals surface area contributed by atoms with Crippen molar-refractivity contribution >= 4 is 17.5 Å². The van der Waals surface area contributed by atoms with Gasteiger partial charge in [0, 0.05) is 29.4 Å². The molecule has 2 fully saturated rings. The van der Waals surface area contributed by atoms with Crippen molar-refractivity contribution in [3.05, 3.63) is 65.2 Å². The monoisotopic (exact) mass is 460 g/mol. The molecule has 4 heteroatoms. The van der Waals surface area contributed by atoms with Crippen LogP contribution in [0, 0.1) is 5.92 Å². The highest BCUT2D eigenvalue weighted by molar-refractivity contribution is 6.05. The zero-order valence-corrected chi connectivity index (χ0v) is 20.7. The first-order valence-electron chi connectivity index (χ1n) is 13.5. The molecule has 2 unspecified atom stereocenters. The Morgan fingerprint density at radius 1 is 0.824 bits per heavy atom. The number of carbonyl (C=O) groups excluding carboxylic acids is 2. The Labute approximate surface area is 205 Å². The molecule has 182 valence electrons. The van der Waals surface area contributed by atoms with Crippen molar-refractivity contribution in [1.29, 1.82) is 0 Å². The van der Waals surface area contributed by atoms with Gasteiger partial charge in [-0.15, -0.1) is 0 Å². The maximum atomic E-state index is 13.2. The van der Waals surface area contributed by atoms with Gasteiger partial charge >= 0.3 is 0 Å². The summed E-state index contributed by atoms with van der Waals surface area (Å²) in [5.41, 5.74) is 3.38. The zero-order chi connectivity index (χ0) is 23.8. The van der Waals surface area contributed by atoms with E-state index < -0.39 is 0 Å². The summed E-state index contributed by atoms with van der Waals surface area (Å²) in [4.78, 5) is 28.1. The SMILES string of the molecule is CCCCCCCc1ccc(NC(=O)c2ccc(C(=O)N3CCCC4CCCCC43)cc2)cc1. The summed E-state index contributed by atoms with van der Waals surface area (Å²) in [6.45, 7) is 3.10. The number of piperidine rings is 1. The van der Waals surface area contributed by atoms with Crippen LogP contribution in [0.3, 0.4) is 0 Å². The first kappa shape index (κ1) is 24.5. The van der Waals surface area contributed by atoms with Crippen molar-refractivity contribution in [2.75, 3.05) is 11.9 Å². The summed E-state index contributed by atoms with van der Waals surface area (Å²) in [5.74, 6) is 0.648. The molecule has 2 atom stereocenters. The summed E-state index contributed by atoms with van der Waals surface area (Å²) in [6, 6.07) is 15.7. The maximum Gasteiger partial charge on any atom is 0.255 e. The van der Waals surface area contributed by atoms with Crippen LogP contribution in [0.15, 0.2) is 48.5 Å². The van der Waals surface area contributed by atoms with Crippen molar-refractivity contribution in [2.24, 2.45) is 5.92 Å². The Balaban J connectivity index is 1.30. The largest absolute Gasteiger partial charge is 0.335 e. The number of nitrogens with zero attached hydrogens (tertiary/aromatic N) is 1. The number of fused-ring (bicyclic) bond motifs is 1. The molecule has 1 aliphatic carbocycles. The molecule has 0 bridgehead atoms. The van der Waals surface area contributed by atoms with Crippen molar-refractivity contribution < 1.29 is 9.59 Å². The smallest absolute Gasteiger partial charge is 0.255 e. The Bertz CT molecular complexity index is 933. The van der Waals surface area contributed by atoms with E-state index in [1.165, 1.54) is 63.4 Å². The maximum absolute atomic E-state index is 13.2. The standard InChI is InChI=1S/C30H40N2O2/c1-2-3-4-5-6-10-23-14-20-27(21-15-23)31-29(33)25-16-18-26(19-17-25)30(34)32-22-9-12-24-11-7-8-13-28(24)32/h14-21,24,28H,2-13,22H2,1H3,(H,31,33). The van der Waals surface area contributed by atoms with Crippen LogP contribution >= 0.6 is 0 Å². The third-order valence-electron chi connectivity index (χ3n) is 7.68. The van der Waals surface area contributed by atoms with Gasteiger partial charge in [-0.3, -0.25) is 9.59 Å². The molecule has 2 aromatic rings. The van der Waals surface area contributed by atoms with E-state index in [0.717, 1.165) is 31.5 Å². The Kier molecular flexibility index (Phi) is 8.79. The molecule has 1 aliphatic heterocycles. The number of rotatable bonds is 9. The second kappa shape index (κ2) is 12.2. The van der Waals surface area contributed by atoms with Crippen LogP contribution in [0.25, 0.3) is 0 Å². The van der Waals surface area contributed by atoms with Crippen molar-refractivity contribution in [3.8, 4) is 0 Å². The number of likely N-dealkylation sites (tertiary alicyclic amines) is 1. The summed E-state index contributed by atoms with van der Waals surface area (Å²) >= 11 is 0. The summed E-state index contributed by atoms with van der Waals surface area (Å²) in [5, 5.41) is 2.98. The fraction of sp³-hybridized carbons (Fsp3) is 0.533. The van der Waals surface area contributed by atoms with Gasteiger partial charge in [-0.2, -0.15) is 0 Å². The molecule has 2 amide bonds. The highest BCUT2D eigenvalue weighted by Gasteiger charge is 2.35. The molecule has 0 radical (unpaired) electrons. The van der Waals surface area contributed by atoms with Gasteiger partial charge in [0.2, 0.25) is 0 Å². The lowest BCUT2D eigenvalue weighted by atomic mass is 9.78. The Morgan fingerprint density at radius 2 is 1.50 bits per heavy atom. The van der Waals surface area contributed by atoms with Gasteiger partial charge < -0.3 is 10.2 Å². The highest BCUT2D eigenvalue weighted by atomic mass is 16.2. The first-order chi connectivity index (χ1) is 16.7. The Hall–Kier alpha value is -2.62. The van der Waals surface area contributed by atoms with Gasteiger partial charge in [0.1, 0.15) is 0 Å². The molecule has 4 rings (SSSR count). The molecule has 34 heavy (non-hydrogen) atoms. The molecule has 0 spiro atoms. The molecule has 0 aromatic heterocycles. The van der Waals surface area contributed by atoms with E-state index in [4.69, 9.17) is 0 Å². The number of hydrogen-bond acceptors (Lipinski definition) is 2. The Morgan fingerprint density at radius 3 is 2.26 bits per heavy atom. The number of carbonyl (C=O) groups is 2. The van der Waals surface area contributed by atoms with Gasteiger partial charge in [0.05, 0.1) is 0 Å². The number of aryl methyl sites for hydroxylation is 1. The first-order valence-corrected chi connectivity index (χ1v) is 13.5. The fourth-order valence-electron chi connectivity index (χ4n) is 5.70. The number of unbranched alkanes of at least 4 members (excludes halogenated alkanes) is 4. The van der Waals surface area contributed by atoms with Crippen LogP contribution in [-0.4, -0.2) is 29.3 Å². The number of anilines is 1. The van der Waals surface area contributed by atoms with E-state index in [1.807, 2.05) is 24.3 Å². The number of hydrogen-bond donors (Lipinski definition) is 1. The average molecular weight is 461 g/mol. The third-order valence-corrected chi connectivity index (χ3v) is 7.68. The fourth-order valence-corrected chi connectivity index (χ4v) is 5.70.